The van der Waals surface area contributed by atoms with Gasteiger partial charge in [-0.05, 0) is 53.7 Å². The van der Waals surface area contributed by atoms with E-state index in [2.05, 4.69) is 21.2 Å². The molecule has 0 aliphatic heterocycles. The van der Waals surface area contributed by atoms with Gasteiger partial charge < -0.3 is 11.1 Å². The molecule has 0 saturated heterocycles. The molecule has 16 heavy (non-hydrogen) atoms. The van der Waals surface area contributed by atoms with Crippen LogP contribution in [0.25, 0.3) is 0 Å². The first kappa shape index (κ1) is 12.1. The van der Waals surface area contributed by atoms with Crippen LogP contribution in [-0.2, 0) is 0 Å². The summed E-state index contributed by atoms with van der Waals surface area (Å²) in [5.74, 6) is 0.0381. The zero-order valence-electron chi connectivity index (χ0n) is 8.91. The van der Waals surface area contributed by atoms with E-state index >= 15 is 0 Å². The van der Waals surface area contributed by atoms with Gasteiger partial charge in [-0.2, -0.15) is 0 Å². The molecule has 1 aliphatic rings. The molecule has 5 heteroatoms. The predicted octanol–water partition coefficient (Wildman–Crippen LogP) is 2.51. The van der Waals surface area contributed by atoms with E-state index in [-0.39, 0.29) is 5.91 Å². The predicted molar refractivity (Wildman–Crippen MR) is 69.7 cm³/mol. The number of hydrogen-bond acceptors (Lipinski definition) is 3. The van der Waals surface area contributed by atoms with E-state index in [9.17, 15) is 4.79 Å². The lowest BCUT2D eigenvalue weighted by Crippen LogP contribution is -2.40. The second-order valence-corrected chi connectivity index (χ2v) is 6.65. The van der Waals surface area contributed by atoms with E-state index in [0.29, 0.717) is 12.1 Å². The summed E-state index contributed by atoms with van der Waals surface area (Å²) in [6.07, 6.45) is 4.02. The maximum Gasteiger partial charge on any atom is 0.261 e. The number of carbonyl (C=O) groups is 1. The molecule has 1 saturated carbocycles. The Morgan fingerprint density at radius 1 is 1.38 bits per heavy atom. The summed E-state index contributed by atoms with van der Waals surface area (Å²) in [6.45, 7) is 0. The third-order valence-electron chi connectivity index (χ3n) is 2.90. The lowest BCUT2D eigenvalue weighted by Gasteiger charge is -2.26. The van der Waals surface area contributed by atoms with Crippen LogP contribution in [0.1, 0.15) is 35.4 Å². The third kappa shape index (κ3) is 3.06. The van der Waals surface area contributed by atoms with Crippen molar-refractivity contribution < 1.29 is 4.79 Å². The van der Waals surface area contributed by atoms with Gasteiger partial charge in [-0.3, -0.25) is 4.79 Å². The Morgan fingerprint density at radius 2 is 2.06 bits per heavy atom. The first-order chi connectivity index (χ1) is 7.65. The molecule has 0 radical (unpaired) electrons. The minimum absolute atomic E-state index is 0.0381. The molecule has 0 atom stereocenters. The minimum Gasteiger partial charge on any atom is -0.349 e. The maximum absolute atomic E-state index is 11.9. The second-order valence-electron chi connectivity index (χ2n) is 4.19. The Kier molecular flexibility index (Phi) is 4.00. The molecule has 1 heterocycles. The fourth-order valence-corrected chi connectivity index (χ4v) is 3.25. The van der Waals surface area contributed by atoms with Gasteiger partial charge >= 0.3 is 0 Å². The quantitative estimate of drug-likeness (QED) is 0.882. The van der Waals surface area contributed by atoms with Gasteiger partial charge in [0.05, 0.1) is 8.66 Å². The van der Waals surface area contributed by atoms with Gasteiger partial charge in [0.1, 0.15) is 0 Å². The van der Waals surface area contributed by atoms with Crippen molar-refractivity contribution in [1.82, 2.24) is 5.32 Å². The number of nitrogens with one attached hydrogen (secondary N) is 1. The molecule has 0 aromatic carbocycles. The maximum atomic E-state index is 11.9. The molecule has 0 unspecified atom stereocenters. The summed E-state index contributed by atoms with van der Waals surface area (Å²) in [5, 5.41) is 3.06. The summed E-state index contributed by atoms with van der Waals surface area (Å²) in [6, 6.07) is 4.37. The smallest absolute Gasteiger partial charge is 0.261 e. The molecule has 1 amide bonds. The van der Waals surface area contributed by atoms with Crippen LogP contribution in [-0.4, -0.2) is 18.0 Å². The van der Waals surface area contributed by atoms with Gasteiger partial charge in [0.2, 0.25) is 0 Å². The van der Waals surface area contributed by atoms with Crippen molar-refractivity contribution >= 4 is 33.2 Å². The number of halogens is 1. The van der Waals surface area contributed by atoms with Crippen molar-refractivity contribution in [1.29, 1.82) is 0 Å². The van der Waals surface area contributed by atoms with Gasteiger partial charge in [-0.15, -0.1) is 11.3 Å². The molecule has 1 aromatic heterocycles. The van der Waals surface area contributed by atoms with E-state index in [4.69, 9.17) is 5.73 Å². The van der Waals surface area contributed by atoms with Gasteiger partial charge in [-0.1, -0.05) is 0 Å². The van der Waals surface area contributed by atoms with E-state index in [0.717, 1.165) is 34.3 Å². The summed E-state index contributed by atoms with van der Waals surface area (Å²) in [5.41, 5.74) is 5.83. The van der Waals surface area contributed by atoms with Gasteiger partial charge in [-0.25, -0.2) is 0 Å². The number of rotatable bonds is 2. The average Bonchev–Trinajstić information content (AvgIpc) is 2.68. The average molecular weight is 303 g/mol. The fourth-order valence-electron chi connectivity index (χ4n) is 1.96. The first-order valence-electron chi connectivity index (χ1n) is 5.47. The van der Waals surface area contributed by atoms with E-state index < -0.39 is 0 Å². The Hall–Kier alpha value is -0.390. The summed E-state index contributed by atoms with van der Waals surface area (Å²) < 4.78 is 0.989. The SMILES string of the molecule is NC1CCC(NC(=O)c2ccc(Br)s2)CC1. The monoisotopic (exact) mass is 302 g/mol. The molecule has 1 fully saturated rings. The van der Waals surface area contributed by atoms with Crippen LogP contribution in [0.2, 0.25) is 0 Å². The second kappa shape index (κ2) is 5.29. The van der Waals surface area contributed by atoms with Crippen LogP contribution >= 0.6 is 27.3 Å². The van der Waals surface area contributed by atoms with Crippen molar-refractivity contribution in [2.24, 2.45) is 5.73 Å². The molecule has 1 aliphatic carbocycles. The van der Waals surface area contributed by atoms with Crippen molar-refractivity contribution in [2.75, 3.05) is 0 Å². The third-order valence-corrected chi connectivity index (χ3v) is 4.53. The number of amides is 1. The normalized spacial score (nSPS) is 25.4. The Balaban J connectivity index is 1.88. The van der Waals surface area contributed by atoms with Crippen LogP contribution in [0.5, 0.6) is 0 Å². The van der Waals surface area contributed by atoms with Crippen molar-refractivity contribution in [3.8, 4) is 0 Å². The zero-order chi connectivity index (χ0) is 11.5. The first-order valence-corrected chi connectivity index (χ1v) is 7.08. The Morgan fingerprint density at radius 3 is 2.62 bits per heavy atom. The number of hydrogen-bond donors (Lipinski definition) is 2. The lowest BCUT2D eigenvalue weighted by atomic mass is 9.92. The number of nitrogens with two attached hydrogens (primary N) is 1. The van der Waals surface area contributed by atoms with E-state index in [1.54, 1.807) is 0 Å². The Labute approximate surface area is 108 Å². The molecular formula is C11H15BrN2OS. The highest BCUT2D eigenvalue weighted by molar-refractivity contribution is 9.11. The van der Waals surface area contributed by atoms with E-state index in [1.807, 2.05) is 12.1 Å². The van der Waals surface area contributed by atoms with Crippen LogP contribution in [0, 0.1) is 0 Å². The number of carbonyl (C=O) groups excluding carboxylic acids is 1. The Bertz CT molecular complexity index is 372. The molecule has 88 valence electrons. The lowest BCUT2D eigenvalue weighted by molar-refractivity contribution is 0.0930. The minimum atomic E-state index is 0.0381. The highest BCUT2D eigenvalue weighted by Gasteiger charge is 2.20. The molecule has 2 rings (SSSR count). The standard InChI is InChI=1S/C11H15BrN2OS/c12-10-6-5-9(16-10)11(15)14-8-3-1-7(13)2-4-8/h5-8H,1-4,13H2,(H,14,15). The fraction of sp³-hybridized carbons (Fsp3) is 0.545. The van der Waals surface area contributed by atoms with Gasteiger partial charge in [0.15, 0.2) is 0 Å². The molecule has 0 bridgehead atoms. The molecule has 3 N–H and O–H groups in total. The van der Waals surface area contributed by atoms with Crippen LogP contribution in [0.4, 0.5) is 0 Å². The highest BCUT2D eigenvalue weighted by atomic mass is 79.9. The molecular weight excluding hydrogens is 288 g/mol. The number of thiophene rings is 1. The van der Waals surface area contributed by atoms with Gasteiger partial charge in [0, 0.05) is 12.1 Å². The van der Waals surface area contributed by atoms with Crippen LogP contribution in [0.3, 0.4) is 0 Å². The van der Waals surface area contributed by atoms with Crippen LogP contribution in [0.15, 0.2) is 15.9 Å². The van der Waals surface area contributed by atoms with Gasteiger partial charge in [0.25, 0.3) is 5.91 Å². The summed E-state index contributed by atoms with van der Waals surface area (Å²) in [7, 11) is 0. The summed E-state index contributed by atoms with van der Waals surface area (Å²) >= 11 is 4.82. The molecule has 1 aromatic rings. The summed E-state index contributed by atoms with van der Waals surface area (Å²) in [4.78, 5) is 12.6. The molecule has 0 spiro atoms. The highest BCUT2D eigenvalue weighted by Crippen LogP contribution is 2.23. The molecule has 3 nitrogen and oxygen atoms in total. The largest absolute Gasteiger partial charge is 0.349 e. The zero-order valence-corrected chi connectivity index (χ0v) is 11.3. The van der Waals surface area contributed by atoms with Crippen molar-refractivity contribution in [2.45, 2.75) is 37.8 Å². The van der Waals surface area contributed by atoms with E-state index in [1.165, 1.54) is 11.3 Å². The van der Waals surface area contributed by atoms with Crippen molar-refractivity contribution in [3.63, 3.8) is 0 Å². The van der Waals surface area contributed by atoms with Crippen LogP contribution < -0.4 is 11.1 Å². The topological polar surface area (TPSA) is 55.1 Å². The van der Waals surface area contributed by atoms with Crippen molar-refractivity contribution in [3.05, 3.63) is 20.8 Å².